The number of rotatable bonds is 2. The fourth-order valence-electron chi connectivity index (χ4n) is 1.93. The number of hydrogen-bond acceptors (Lipinski definition) is 5. The fourth-order valence-corrected chi connectivity index (χ4v) is 1.93. The summed E-state index contributed by atoms with van der Waals surface area (Å²) in [5.41, 5.74) is 2.18. The van der Waals surface area contributed by atoms with Crippen LogP contribution in [-0.4, -0.2) is 40.4 Å². The van der Waals surface area contributed by atoms with Crippen LogP contribution in [0, 0.1) is 0 Å². The molecule has 3 rings (SSSR count). The fraction of sp³-hybridized carbons (Fsp3) is 0.364. The zero-order chi connectivity index (χ0) is 11.5. The van der Waals surface area contributed by atoms with Crippen molar-refractivity contribution in [3.05, 3.63) is 29.8 Å². The predicted octanol–water partition coefficient (Wildman–Crippen LogP) is 0.949. The van der Waals surface area contributed by atoms with Crippen LogP contribution >= 0.6 is 12.4 Å². The Labute approximate surface area is 111 Å². The standard InChI is InChI=1S/C11H13N5O.ClH/c1-3-9(11-13-15-16-14-11)4-2-8(1)10-7-17-6-5-12-10;/h1-4,10,12H,5-7H2,(H,13,14,15,16);1H. The summed E-state index contributed by atoms with van der Waals surface area (Å²) in [4.78, 5) is 0. The summed E-state index contributed by atoms with van der Waals surface area (Å²) in [5, 5.41) is 17.3. The van der Waals surface area contributed by atoms with Gasteiger partial charge < -0.3 is 10.1 Å². The number of halogens is 1. The number of nitrogens with zero attached hydrogens (tertiary/aromatic N) is 3. The minimum absolute atomic E-state index is 0. The third-order valence-corrected chi connectivity index (χ3v) is 2.84. The molecule has 18 heavy (non-hydrogen) atoms. The summed E-state index contributed by atoms with van der Waals surface area (Å²) in [6, 6.07) is 8.41. The van der Waals surface area contributed by atoms with Crippen molar-refractivity contribution in [2.75, 3.05) is 19.8 Å². The molecule has 0 amide bonds. The van der Waals surface area contributed by atoms with Crippen LogP contribution in [0.2, 0.25) is 0 Å². The van der Waals surface area contributed by atoms with Crippen molar-refractivity contribution in [1.29, 1.82) is 0 Å². The van der Waals surface area contributed by atoms with E-state index in [9.17, 15) is 0 Å². The SMILES string of the molecule is Cl.c1cc(C2COCCN2)ccc1-c1nn[nH]n1. The van der Waals surface area contributed by atoms with Gasteiger partial charge in [0.15, 0.2) is 0 Å². The average Bonchev–Trinajstić information content (AvgIpc) is 2.94. The third kappa shape index (κ3) is 2.66. The van der Waals surface area contributed by atoms with Crippen LogP contribution in [0.3, 0.4) is 0 Å². The number of aromatic amines is 1. The normalized spacial score (nSPS) is 19.2. The lowest BCUT2D eigenvalue weighted by Crippen LogP contribution is -2.34. The Morgan fingerprint density at radius 3 is 2.67 bits per heavy atom. The van der Waals surface area contributed by atoms with E-state index in [2.05, 4.69) is 38.1 Å². The highest BCUT2D eigenvalue weighted by molar-refractivity contribution is 5.85. The average molecular weight is 268 g/mol. The molecule has 7 heteroatoms. The van der Waals surface area contributed by atoms with Crippen molar-refractivity contribution in [2.24, 2.45) is 0 Å². The van der Waals surface area contributed by atoms with Gasteiger partial charge in [-0.05, 0) is 10.8 Å². The third-order valence-electron chi connectivity index (χ3n) is 2.84. The molecule has 1 atom stereocenters. The topological polar surface area (TPSA) is 75.7 Å². The van der Waals surface area contributed by atoms with Gasteiger partial charge >= 0.3 is 0 Å². The van der Waals surface area contributed by atoms with Crippen molar-refractivity contribution >= 4 is 12.4 Å². The lowest BCUT2D eigenvalue weighted by Gasteiger charge is -2.24. The molecule has 0 saturated carbocycles. The van der Waals surface area contributed by atoms with Crippen LogP contribution in [0.25, 0.3) is 11.4 Å². The van der Waals surface area contributed by atoms with Crippen molar-refractivity contribution in [2.45, 2.75) is 6.04 Å². The zero-order valence-corrected chi connectivity index (χ0v) is 10.5. The van der Waals surface area contributed by atoms with E-state index in [0.717, 1.165) is 25.3 Å². The van der Waals surface area contributed by atoms with Gasteiger partial charge in [0.1, 0.15) is 0 Å². The van der Waals surface area contributed by atoms with E-state index < -0.39 is 0 Å². The van der Waals surface area contributed by atoms with Crippen molar-refractivity contribution in [3.8, 4) is 11.4 Å². The number of nitrogens with one attached hydrogen (secondary N) is 2. The van der Waals surface area contributed by atoms with E-state index >= 15 is 0 Å². The highest BCUT2D eigenvalue weighted by Crippen LogP contribution is 2.19. The maximum Gasteiger partial charge on any atom is 0.204 e. The Kier molecular flexibility index (Phi) is 4.24. The smallest absolute Gasteiger partial charge is 0.204 e. The molecule has 0 radical (unpaired) electrons. The molecule has 1 aromatic heterocycles. The van der Waals surface area contributed by atoms with E-state index in [1.54, 1.807) is 0 Å². The maximum absolute atomic E-state index is 5.44. The number of aromatic nitrogens is 4. The van der Waals surface area contributed by atoms with Gasteiger partial charge in [0.05, 0.1) is 19.3 Å². The van der Waals surface area contributed by atoms with E-state index in [1.807, 2.05) is 12.1 Å². The number of benzene rings is 1. The van der Waals surface area contributed by atoms with Gasteiger partial charge in [-0.3, -0.25) is 0 Å². The Balaban J connectivity index is 0.00000120. The van der Waals surface area contributed by atoms with Gasteiger partial charge in [-0.2, -0.15) is 5.21 Å². The van der Waals surface area contributed by atoms with E-state index in [0.29, 0.717) is 5.82 Å². The molecule has 0 aliphatic carbocycles. The number of morpholine rings is 1. The molecule has 0 bridgehead atoms. The highest BCUT2D eigenvalue weighted by Gasteiger charge is 2.15. The molecule has 1 fully saturated rings. The summed E-state index contributed by atoms with van der Waals surface area (Å²) in [6.07, 6.45) is 0. The van der Waals surface area contributed by atoms with Crippen molar-refractivity contribution in [3.63, 3.8) is 0 Å². The minimum Gasteiger partial charge on any atom is -0.378 e. The number of ether oxygens (including phenoxy) is 1. The first-order valence-electron chi connectivity index (χ1n) is 5.58. The lowest BCUT2D eigenvalue weighted by molar-refractivity contribution is 0.0769. The molecule has 1 saturated heterocycles. The lowest BCUT2D eigenvalue weighted by atomic mass is 10.0. The van der Waals surface area contributed by atoms with Crippen molar-refractivity contribution < 1.29 is 4.74 Å². The summed E-state index contributed by atoms with van der Waals surface area (Å²) < 4.78 is 5.44. The zero-order valence-electron chi connectivity index (χ0n) is 9.67. The Morgan fingerprint density at radius 2 is 2.06 bits per heavy atom. The first-order valence-corrected chi connectivity index (χ1v) is 5.58. The Morgan fingerprint density at radius 1 is 1.22 bits per heavy atom. The van der Waals surface area contributed by atoms with Gasteiger partial charge in [0, 0.05) is 12.1 Å². The molecule has 0 spiro atoms. The molecule has 2 heterocycles. The van der Waals surface area contributed by atoms with E-state index in [1.165, 1.54) is 5.56 Å². The first kappa shape index (κ1) is 12.9. The summed E-state index contributed by atoms with van der Waals surface area (Å²) in [5.74, 6) is 0.615. The van der Waals surface area contributed by atoms with Crippen molar-refractivity contribution in [1.82, 2.24) is 25.9 Å². The second kappa shape index (κ2) is 5.90. The van der Waals surface area contributed by atoms with Gasteiger partial charge in [0.2, 0.25) is 5.82 Å². The summed E-state index contributed by atoms with van der Waals surface area (Å²) >= 11 is 0. The second-order valence-corrected chi connectivity index (χ2v) is 3.94. The molecule has 1 aliphatic heterocycles. The van der Waals surface area contributed by atoms with Crippen LogP contribution in [0.15, 0.2) is 24.3 Å². The predicted molar refractivity (Wildman–Crippen MR) is 68.4 cm³/mol. The summed E-state index contributed by atoms with van der Waals surface area (Å²) in [7, 11) is 0. The molecule has 2 aromatic rings. The van der Waals surface area contributed by atoms with Crippen LogP contribution in [0.1, 0.15) is 11.6 Å². The molecular formula is C11H14ClN5O. The first-order chi connectivity index (χ1) is 8.43. The highest BCUT2D eigenvalue weighted by atomic mass is 35.5. The largest absolute Gasteiger partial charge is 0.378 e. The quantitative estimate of drug-likeness (QED) is 0.847. The molecule has 1 unspecified atom stereocenters. The van der Waals surface area contributed by atoms with Gasteiger partial charge in [-0.15, -0.1) is 22.6 Å². The second-order valence-electron chi connectivity index (χ2n) is 3.94. The molecule has 2 N–H and O–H groups in total. The van der Waals surface area contributed by atoms with Gasteiger partial charge in [0.25, 0.3) is 0 Å². The number of tetrazole rings is 1. The molecule has 96 valence electrons. The maximum atomic E-state index is 5.44. The van der Waals surface area contributed by atoms with Crippen LogP contribution in [0.4, 0.5) is 0 Å². The summed E-state index contributed by atoms with van der Waals surface area (Å²) in [6.45, 7) is 2.41. The molecule has 1 aromatic carbocycles. The van der Waals surface area contributed by atoms with E-state index in [-0.39, 0.29) is 18.4 Å². The minimum atomic E-state index is 0. The van der Waals surface area contributed by atoms with E-state index in [4.69, 9.17) is 4.74 Å². The molecule has 1 aliphatic rings. The van der Waals surface area contributed by atoms with Gasteiger partial charge in [-0.25, -0.2) is 0 Å². The van der Waals surface area contributed by atoms with Gasteiger partial charge in [-0.1, -0.05) is 24.3 Å². The van der Waals surface area contributed by atoms with Crippen LogP contribution < -0.4 is 5.32 Å². The Bertz CT molecular complexity index is 467. The number of hydrogen-bond donors (Lipinski definition) is 2. The van der Waals surface area contributed by atoms with Crippen LogP contribution in [-0.2, 0) is 4.74 Å². The van der Waals surface area contributed by atoms with Crippen LogP contribution in [0.5, 0.6) is 0 Å². The Hall–Kier alpha value is -1.50. The molecule has 6 nitrogen and oxygen atoms in total. The molecular weight excluding hydrogens is 254 g/mol. The monoisotopic (exact) mass is 267 g/mol. The number of H-pyrrole nitrogens is 1.